The van der Waals surface area contributed by atoms with E-state index < -0.39 is 27.1 Å². The highest BCUT2D eigenvalue weighted by atomic mass is 35.5. The minimum atomic E-state index is -0.750. The Morgan fingerprint density at radius 2 is 1.88 bits per heavy atom. The molecule has 24 heavy (non-hydrogen) atoms. The predicted molar refractivity (Wildman–Crippen MR) is 88.3 cm³/mol. The molecule has 0 atom stereocenters. The Morgan fingerprint density at radius 1 is 1.17 bits per heavy atom. The highest BCUT2D eigenvalue weighted by Crippen LogP contribution is 2.26. The van der Waals surface area contributed by atoms with Crippen LogP contribution < -0.4 is 5.32 Å². The number of carbonyl (C=O) groups is 1. The van der Waals surface area contributed by atoms with E-state index in [1.165, 1.54) is 6.07 Å². The van der Waals surface area contributed by atoms with E-state index in [1.54, 1.807) is 25.1 Å². The van der Waals surface area contributed by atoms with Gasteiger partial charge in [-0.3, -0.25) is 25.0 Å². The molecule has 0 aromatic heterocycles. The van der Waals surface area contributed by atoms with Gasteiger partial charge in [-0.05, 0) is 30.7 Å². The summed E-state index contributed by atoms with van der Waals surface area (Å²) >= 11 is 5.97. The third-order valence-electron chi connectivity index (χ3n) is 3.37. The second-order valence-corrected chi connectivity index (χ2v) is 5.37. The smallest absolute Gasteiger partial charge is 0.279 e. The third-order valence-corrected chi connectivity index (χ3v) is 3.78. The van der Waals surface area contributed by atoms with Crippen molar-refractivity contribution in [1.82, 2.24) is 0 Å². The lowest BCUT2D eigenvalue weighted by Crippen LogP contribution is -2.16. The van der Waals surface area contributed by atoms with E-state index in [-0.39, 0.29) is 12.0 Å². The van der Waals surface area contributed by atoms with E-state index in [1.807, 2.05) is 0 Å². The van der Waals surface area contributed by atoms with Crippen molar-refractivity contribution in [3.8, 4) is 0 Å². The molecule has 0 saturated carbocycles. The first kappa shape index (κ1) is 17.4. The van der Waals surface area contributed by atoms with Crippen LogP contribution in [0.25, 0.3) is 0 Å². The normalized spacial score (nSPS) is 10.2. The molecule has 2 aromatic carbocycles. The highest BCUT2D eigenvalue weighted by Gasteiger charge is 2.21. The molecule has 0 aliphatic heterocycles. The van der Waals surface area contributed by atoms with Crippen LogP contribution in [0.2, 0.25) is 5.02 Å². The van der Waals surface area contributed by atoms with E-state index >= 15 is 0 Å². The molecular weight excluding hydrogens is 338 g/mol. The van der Waals surface area contributed by atoms with E-state index in [4.69, 9.17) is 11.6 Å². The standard InChI is InChI=1S/C15H12ClN3O5/c1-9-12(16)3-2-4-13(9)17-15(20)7-10-5-6-11(18(21)22)8-14(10)19(23)24/h2-6,8H,7H2,1H3,(H,17,20). The number of carbonyl (C=O) groups excluding carboxylic acids is 1. The number of amides is 1. The monoisotopic (exact) mass is 349 g/mol. The van der Waals surface area contributed by atoms with Gasteiger partial charge in [-0.15, -0.1) is 0 Å². The minimum Gasteiger partial charge on any atom is -0.326 e. The molecule has 124 valence electrons. The fraction of sp³-hybridized carbons (Fsp3) is 0.133. The topological polar surface area (TPSA) is 115 Å². The molecule has 0 aliphatic carbocycles. The van der Waals surface area contributed by atoms with Gasteiger partial charge in [-0.25, -0.2) is 0 Å². The van der Waals surface area contributed by atoms with Crippen LogP contribution in [0.15, 0.2) is 36.4 Å². The lowest BCUT2D eigenvalue weighted by molar-refractivity contribution is -0.394. The Bertz CT molecular complexity index is 838. The number of halogens is 1. The molecule has 0 spiro atoms. The van der Waals surface area contributed by atoms with Crippen molar-refractivity contribution >= 4 is 34.6 Å². The van der Waals surface area contributed by atoms with E-state index in [0.29, 0.717) is 16.3 Å². The molecular formula is C15H12ClN3O5. The van der Waals surface area contributed by atoms with Gasteiger partial charge in [-0.1, -0.05) is 17.7 Å². The molecule has 2 aromatic rings. The second kappa shape index (κ2) is 7.05. The Hall–Kier alpha value is -3.00. The number of nitrogens with zero attached hydrogens (tertiary/aromatic N) is 2. The minimum absolute atomic E-state index is 0.0859. The maximum Gasteiger partial charge on any atom is 0.279 e. The van der Waals surface area contributed by atoms with Crippen molar-refractivity contribution in [3.63, 3.8) is 0 Å². The number of benzene rings is 2. The maximum absolute atomic E-state index is 12.1. The lowest BCUT2D eigenvalue weighted by Gasteiger charge is -2.09. The molecule has 0 fully saturated rings. The number of non-ortho nitro benzene ring substituents is 1. The summed E-state index contributed by atoms with van der Waals surface area (Å²) in [4.78, 5) is 32.4. The first-order chi connectivity index (χ1) is 11.3. The molecule has 8 nitrogen and oxygen atoms in total. The van der Waals surface area contributed by atoms with Gasteiger partial charge in [0, 0.05) is 22.3 Å². The summed E-state index contributed by atoms with van der Waals surface area (Å²) in [6.45, 7) is 1.73. The first-order valence-electron chi connectivity index (χ1n) is 6.76. The molecule has 0 bridgehead atoms. The van der Waals surface area contributed by atoms with Gasteiger partial charge in [0.2, 0.25) is 5.91 Å². The predicted octanol–water partition coefficient (Wildman–Crippen LogP) is 3.65. The molecule has 2 rings (SSSR count). The van der Waals surface area contributed by atoms with Crippen molar-refractivity contribution in [2.24, 2.45) is 0 Å². The van der Waals surface area contributed by atoms with Crippen LogP contribution in [-0.4, -0.2) is 15.8 Å². The molecule has 0 aliphatic rings. The molecule has 0 heterocycles. The summed E-state index contributed by atoms with van der Waals surface area (Å²) in [5, 5.41) is 24.9. The number of anilines is 1. The summed E-state index contributed by atoms with van der Waals surface area (Å²) in [6, 6.07) is 8.17. The fourth-order valence-corrected chi connectivity index (χ4v) is 2.27. The van der Waals surface area contributed by atoms with Gasteiger partial charge in [0.1, 0.15) is 0 Å². The Balaban J connectivity index is 2.24. The molecule has 0 radical (unpaired) electrons. The van der Waals surface area contributed by atoms with Gasteiger partial charge in [-0.2, -0.15) is 0 Å². The average Bonchev–Trinajstić information content (AvgIpc) is 2.51. The Kier molecular flexibility index (Phi) is 5.10. The van der Waals surface area contributed by atoms with Crippen LogP contribution in [0.5, 0.6) is 0 Å². The highest BCUT2D eigenvalue weighted by molar-refractivity contribution is 6.31. The van der Waals surface area contributed by atoms with E-state index in [9.17, 15) is 25.0 Å². The van der Waals surface area contributed by atoms with Crippen molar-refractivity contribution in [2.45, 2.75) is 13.3 Å². The van der Waals surface area contributed by atoms with Gasteiger partial charge in [0.25, 0.3) is 11.4 Å². The molecule has 0 saturated heterocycles. The van der Waals surface area contributed by atoms with Gasteiger partial charge >= 0.3 is 0 Å². The van der Waals surface area contributed by atoms with Crippen LogP contribution >= 0.6 is 11.6 Å². The van der Waals surface area contributed by atoms with Gasteiger partial charge in [0.15, 0.2) is 0 Å². The van der Waals surface area contributed by atoms with Gasteiger partial charge < -0.3 is 5.32 Å². The lowest BCUT2D eigenvalue weighted by atomic mass is 10.1. The third kappa shape index (κ3) is 3.85. The van der Waals surface area contributed by atoms with Crippen molar-refractivity contribution in [2.75, 3.05) is 5.32 Å². The molecule has 0 unspecified atom stereocenters. The largest absolute Gasteiger partial charge is 0.326 e. The number of nitrogens with one attached hydrogen (secondary N) is 1. The van der Waals surface area contributed by atoms with Crippen molar-refractivity contribution < 1.29 is 14.6 Å². The molecule has 9 heteroatoms. The van der Waals surface area contributed by atoms with Crippen molar-refractivity contribution in [1.29, 1.82) is 0 Å². The number of nitro benzene ring substituents is 2. The summed E-state index contributed by atoms with van der Waals surface area (Å²) in [5.41, 5.74) is 0.379. The summed E-state index contributed by atoms with van der Waals surface area (Å²) < 4.78 is 0. The maximum atomic E-state index is 12.1. The zero-order chi connectivity index (χ0) is 17.9. The first-order valence-corrected chi connectivity index (χ1v) is 7.14. The van der Waals surface area contributed by atoms with Crippen LogP contribution in [0.4, 0.5) is 17.1 Å². The Labute approximate surface area is 141 Å². The van der Waals surface area contributed by atoms with E-state index in [0.717, 1.165) is 12.1 Å². The van der Waals surface area contributed by atoms with Crippen LogP contribution in [0.3, 0.4) is 0 Å². The van der Waals surface area contributed by atoms with Crippen LogP contribution in [0.1, 0.15) is 11.1 Å². The van der Waals surface area contributed by atoms with Crippen LogP contribution in [0, 0.1) is 27.2 Å². The molecule has 1 amide bonds. The zero-order valence-electron chi connectivity index (χ0n) is 12.5. The molecule has 1 N–H and O–H groups in total. The summed E-state index contributed by atoms with van der Waals surface area (Å²) in [5.74, 6) is -0.489. The zero-order valence-corrected chi connectivity index (χ0v) is 13.2. The summed E-state index contributed by atoms with van der Waals surface area (Å²) in [6.07, 6.45) is -0.291. The van der Waals surface area contributed by atoms with Crippen LogP contribution in [-0.2, 0) is 11.2 Å². The number of hydrogen-bond donors (Lipinski definition) is 1. The Morgan fingerprint density at radius 3 is 2.50 bits per heavy atom. The average molecular weight is 350 g/mol. The number of nitro groups is 2. The second-order valence-electron chi connectivity index (χ2n) is 4.96. The SMILES string of the molecule is Cc1c(Cl)cccc1NC(=O)Cc1ccc([N+](=O)[O-])cc1[N+](=O)[O-]. The summed E-state index contributed by atoms with van der Waals surface area (Å²) in [7, 11) is 0. The van der Waals surface area contributed by atoms with Gasteiger partial charge in [0.05, 0.1) is 22.3 Å². The number of hydrogen-bond acceptors (Lipinski definition) is 5. The number of rotatable bonds is 5. The van der Waals surface area contributed by atoms with E-state index in [2.05, 4.69) is 5.32 Å². The fourth-order valence-electron chi connectivity index (χ4n) is 2.10. The quantitative estimate of drug-likeness (QED) is 0.653. The van der Waals surface area contributed by atoms with Crippen molar-refractivity contribution in [3.05, 3.63) is 72.8 Å².